The maximum Gasteiger partial charge on any atom is 0.137 e. The van der Waals surface area contributed by atoms with E-state index in [2.05, 4.69) is 5.32 Å². The summed E-state index contributed by atoms with van der Waals surface area (Å²) in [7, 11) is 0. The Balaban J connectivity index is 2.23. The van der Waals surface area contributed by atoms with Crippen LogP contribution in [0.15, 0.2) is 23.1 Å². The van der Waals surface area contributed by atoms with E-state index in [0.717, 1.165) is 23.4 Å². The van der Waals surface area contributed by atoms with E-state index >= 15 is 0 Å². The predicted molar refractivity (Wildman–Crippen MR) is 58.2 cm³/mol. The van der Waals surface area contributed by atoms with Crippen LogP contribution in [-0.2, 0) is 0 Å². The molecule has 1 atom stereocenters. The SMILES string of the molecule is CSc1ccc(C2CCCN2)cc1F. The highest BCUT2D eigenvalue weighted by atomic mass is 32.2. The van der Waals surface area contributed by atoms with Crippen LogP contribution in [-0.4, -0.2) is 12.8 Å². The molecule has 0 amide bonds. The van der Waals surface area contributed by atoms with Gasteiger partial charge in [0.2, 0.25) is 0 Å². The molecule has 0 spiro atoms. The van der Waals surface area contributed by atoms with Gasteiger partial charge in [-0.3, -0.25) is 0 Å². The van der Waals surface area contributed by atoms with Crippen LogP contribution < -0.4 is 5.32 Å². The van der Waals surface area contributed by atoms with E-state index in [1.807, 2.05) is 18.4 Å². The summed E-state index contributed by atoms with van der Waals surface area (Å²) in [5.41, 5.74) is 1.08. The second-order valence-corrected chi connectivity index (χ2v) is 4.39. The normalized spacial score (nSPS) is 21.4. The van der Waals surface area contributed by atoms with Crippen molar-refractivity contribution in [2.75, 3.05) is 12.8 Å². The van der Waals surface area contributed by atoms with E-state index < -0.39 is 0 Å². The maximum atomic E-state index is 13.5. The average molecular weight is 211 g/mol. The molecule has 1 aromatic carbocycles. The number of thioether (sulfide) groups is 1. The topological polar surface area (TPSA) is 12.0 Å². The Morgan fingerprint density at radius 2 is 2.36 bits per heavy atom. The van der Waals surface area contributed by atoms with Crippen molar-refractivity contribution in [3.8, 4) is 0 Å². The summed E-state index contributed by atoms with van der Waals surface area (Å²) < 4.78 is 13.5. The Labute approximate surface area is 88.1 Å². The lowest BCUT2D eigenvalue weighted by Gasteiger charge is -2.11. The van der Waals surface area contributed by atoms with Gasteiger partial charge in [0.1, 0.15) is 5.82 Å². The smallest absolute Gasteiger partial charge is 0.137 e. The van der Waals surface area contributed by atoms with Gasteiger partial charge in [0, 0.05) is 10.9 Å². The Morgan fingerprint density at radius 3 is 2.93 bits per heavy atom. The van der Waals surface area contributed by atoms with E-state index in [4.69, 9.17) is 0 Å². The van der Waals surface area contributed by atoms with Crippen molar-refractivity contribution < 1.29 is 4.39 Å². The molecule has 76 valence electrons. The fraction of sp³-hybridized carbons (Fsp3) is 0.455. The molecular formula is C11H14FNS. The molecule has 1 aliphatic rings. The van der Waals surface area contributed by atoms with Crippen LogP contribution in [0.1, 0.15) is 24.4 Å². The van der Waals surface area contributed by atoms with Crippen molar-refractivity contribution in [2.24, 2.45) is 0 Å². The summed E-state index contributed by atoms with van der Waals surface area (Å²) in [4.78, 5) is 0.728. The predicted octanol–water partition coefficient (Wildman–Crippen LogP) is 2.97. The molecular weight excluding hydrogens is 197 g/mol. The third kappa shape index (κ3) is 1.93. The van der Waals surface area contributed by atoms with Gasteiger partial charge in [0.25, 0.3) is 0 Å². The van der Waals surface area contributed by atoms with Gasteiger partial charge in [0.15, 0.2) is 0 Å². The highest BCUT2D eigenvalue weighted by Crippen LogP contribution is 2.27. The minimum absolute atomic E-state index is 0.0938. The van der Waals surface area contributed by atoms with Crippen molar-refractivity contribution >= 4 is 11.8 Å². The number of hydrogen-bond donors (Lipinski definition) is 1. The molecule has 0 aliphatic carbocycles. The van der Waals surface area contributed by atoms with Gasteiger partial charge >= 0.3 is 0 Å². The van der Waals surface area contributed by atoms with Gasteiger partial charge in [-0.1, -0.05) is 6.07 Å². The second kappa shape index (κ2) is 4.32. The zero-order valence-corrected chi connectivity index (χ0v) is 9.03. The average Bonchev–Trinajstić information content (AvgIpc) is 2.70. The first-order chi connectivity index (χ1) is 6.81. The molecule has 1 saturated heterocycles. The van der Waals surface area contributed by atoms with Gasteiger partial charge in [-0.05, 0) is 43.3 Å². The highest BCUT2D eigenvalue weighted by molar-refractivity contribution is 7.98. The van der Waals surface area contributed by atoms with Gasteiger partial charge in [0.05, 0.1) is 0 Å². The summed E-state index contributed by atoms with van der Waals surface area (Å²) in [6.45, 7) is 1.05. The molecule has 1 fully saturated rings. The quantitative estimate of drug-likeness (QED) is 0.755. The molecule has 1 aliphatic heterocycles. The minimum atomic E-state index is -0.0938. The van der Waals surface area contributed by atoms with Crippen LogP contribution in [0.5, 0.6) is 0 Å². The Kier molecular flexibility index (Phi) is 3.08. The fourth-order valence-corrected chi connectivity index (χ4v) is 2.33. The summed E-state index contributed by atoms with van der Waals surface area (Å²) in [5.74, 6) is -0.0938. The lowest BCUT2D eigenvalue weighted by molar-refractivity contribution is 0.586. The number of rotatable bonds is 2. The van der Waals surface area contributed by atoms with Crippen LogP contribution in [0.3, 0.4) is 0 Å². The standard InChI is InChI=1S/C11H14FNS/c1-14-11-5-4-8(7-9(11)12)10-3-2-6-13-10/h4-5,7,10,13H,2-3,6H2,1H3. The lowest BCUT2D eigenvalue weighted by atomic mass is 10.1. The second-order valence-electron chi connectivity index (χ2n) is 3.54. The lowest BCUT2D eigenvalue weighted by Crippen LogP contribution is -2.12. The molecule has 0 radical (unpaired) electrons. The summed E-state index contributed by atoms with van der Waals surface area (Å²) in [5, 5.41) is 3.36. The Bertz CT molecular complexity index is 321. The number of hydrogen-bond acceptors (Lipinski definition) is 2. The van der Waals surface area contributed by atoms with Gasteiger partial charge < -0.3 is 5.32 Å². The van der Waals surface area contributed by atoms with Crippen LogP contribution in [0.2, 0.25) is 0 Å². The maximum absolute atomic E-state index is 13.5. The van der Waals surface area contributed by atoms with Crippen LogP contribution >= 0.6 is 11.8 Å². The molecule has 1 N–H and O–H groups in total. The fourth-order valence-electron chi connectivity index (χ4n) is 1.87. The Hall–Kier alpha value is -0.540. The monoisotopic (exact) mass is 211 g/mol. The summed E-state index contributed by atoms with van der Waals surface area (Å²) in [6, 6.07) is 5.92. The third-order valence-corrected chi connectivity index (χ3v) is 3.41. The van der Waals surface area contributed by atoms with Crippen LogP contribution in [0.25, 0.3) is 0 Å². The summed E-state index contributed by atoms with van der Waals surface area (Å²) in [6.07, 6.45) is 4.21. The van der Waals surface area contributed by atoms with Crippen LogP contribution in [0.4, 0.5) is 4.39 Å². The zero-order chi connectivity index (χ0) is 9.97. The van der Waals surface area contributed by atoms with E-state index in [1.54, 1.807) is 6.07 Å². The summed E-state index contributed by atoms with van der Waals surface area (Å²) >= 11 is 1.45. The van der Waals surface area contributed by atoms with Crippen molar-refractivity contribution in [1.82, 2.24) is 5.32 Å². The first-order valence-corrected chi connectivity index (χ1v) is 6.10. The van der Waals surface area contributed by atoms with E-state index in [-0.39, 0.29) is 5.82 Å². The van der Waals surface area contributed by atoms with Crippen molar-refractivity contribution in [3.63, 3.8) is 0 Å². The molecule has 1 nitrogen and oxygen atoms in total. The van der Waals surface area contributed by atoms with Crippen molar-refractivity contribution in [2.45, 2.75) is 23.8 Å². The molecule has 1 unspecified atom stereocenters. The molecule has 1 aromatic rings. The van der Waals surface area contributed by atoms with E-state index in [0.29, 0.717) is 6.04 Å². The van der Waals surface area contributed by atoms with Crippen molar-refractivity contribution in [3.05, 3.63) is 29.6 Å². The van der Waals surface area contributed by atoms with Gasteiger partial charge in [-0.15, -0.1) is 11.8 Å². The highest BCUT2D eigenvalue weighted by Gasteiger charge is 2.16. The van der Waals surface area contributed by atoms with Gasteiger partial charge in [-0.2, -0.15) is 0 Å². The number of nitrogens with one attached hydrogen (secondary N) is 1. The third-order valence-electron chi connectivity index (χ3n) is 2.64. The molecule has 14 heavy (non-hydrogen) atoms. The first-order valence-electron chi connectivity index (χ1n) is 4.88. The van der Waals surface area contributed by atoms with E-state index in [1.165, 1.54) is 18.2 Å². The largest absolute Gasteiger partial charge is 0.310 e. The molecule has 3 heteroatoms. The number of benzene rings is 1. The molecule has 0 bridgehead atoms. The molecule has 0 saturated carbocycles. The first kappa shape index (κ1) is 9.99. The Morgan fingerprint density at radius 1 is 1.50 bits per heavy atom. The van der Waals surface area contributed by atoms with Crippen LogP contribution in [0, 0.1) is 5.82 Å². The van der Waals surface area contributed by atoms with Gasteiger partial charge in [-0.25, -0.2) is 4.39 Å². The molecule has 0 aromatic heterocycles. The molecule has 2 rings (SSSR count). The number of halogens is 1. The van der Waals surface area contributed by atoms with Crippen molar-refractivity contribution in [1.29, 1.82) is 0 Å². The minimum Gasteiger partial charge on any atom is -0.310 e. The molecule has 1 heterocycles. The zero-order valence-electron chi connectivity index (χ0n) is 8.22. The van der Waals surface area contributed by atoms with E-state index in [9.17, 15) is 4.39 Å².